The van der Waals surface area contributed by atoms with Gasteiger partial charge in [-0.05, 0) is 61.1 Å². The van der Waals surface area contributed by atoms with Gasteiger partial charge in [-0.25, -0.2) is 0 Å². The van der Waals surface area contributed by atoms with Gasteiger partial charge in [0.1, 0.15) is 5.75 Å². The van der Waals surface area contributed by atoms with E-state index in [1.807, 2.05) is 20.0 Å². The number of hydrogen-bond acceptors (Lipinski definition) is 3. The molecule has 3 nitrogen and oxygen atoms in total. The summed E-state index contributed by atoms with van der Waals surface area (Å²) in [6, 6.07) is 32.4. The Labute approximate surface area is 214 Å². The largest absolute Gasteiger partial charge is 0.508 e. The van der Waals surface area contributed by atoms with Crippen LogP contribution in [0.3, 0.4) is 0 Å². The van der Waals surface area contributed by atoms with Crippen molar-refractivity contribution in [3.8, 4) is 5.75 Å². The quantitative estimate of drug-likeness (QED) is 0.293. The highest BCUT2D eigenvalue weighted by molar-refractivity contribution is 5.74. The molecule has 182 valence electrons. The SMILES string of the molecule is C=C1c2ccccc2C(CCc2cc(O)c(C)c(NC)c2)(c2ccc(C)cc2)N1Cc1ccccc1. The highest BCUT2D eigenvalue weighted by Gasteiger charge is 2.47. The molecule has 2 N–H and O–H groups in total. The van der Waals surface area contributed by atoms with Crippen molar-refractivity contribution >= 4 is 11.4 Å². The first-order valence-electron chi connectivity index (χ1n) is 12.6. The number of benzene rings is 4. The standard InChI is InChI=1S/C33H34N2O/c1-23-14-16-28(17-15-23)33(19-18-27-20-31(34-4)24(2)32(36)21-27)30-13-9-8-12-29(30)25(3)35(33)22-26-10-6-5-7-11-26/h5-17,20-21,34,36H,3,18-19,22H2,1-2,4H3. The minimum atomic E-state index is -0.377. The van der Waals surface area contributed by atoms with Crippen molar-refractivity contribution < 1.29 is 5.11 Å². The molecule has 0 bridgehead atoms. The molecule has 3 heteroatoms. The van der Waals surface area contributed by atoms with Crippen LogP contribution < -0.4 is 5.32 Å². The van der Waals surface area contributed by atoms with Crippen molar-refractivity contribution in [1.29, 1.82) is 0 Å². The van der Waals surface area contributed by atoms with E-state index in [0.29, 0.717) is 5.75 Å². The van der Waals surface area contributed by atoms with Crippen LogP contribution >= 0.6 is 0 Å². The third-order valence-corrected chi connectivity index (χ3v) is 7.67. The molecule has 0 spiro atoms. The lowest BCUT2D eigenvalue weighted by atomic mass is 9.77. The fourth-order valence-electron chi connectivity index (χ4n) is 5.65. The molecule has 1 aliphatic heterocycles. The first-order valence-corrected chi connectivity index (χ1v) is 12.6. The number of nitrogens with zero attached hydrogens (tertiary/aromatic N) is 1. The van der Waals surface area contributed by atoms with E-state index in [1.165, 1.54) is 27.8 Å². The lowest BCUT2D eigenvalue weighted by Crippen LogP contribution is -2.41. The number of phenols is 1. The first kappa shape index (κ1) is 23.7. The highest BCUT2D eigenvalue weighted by Crippen LogP contribution is 2.52. The maximum absolute atomic E-state index is 10.6. The Morgan fingerprint density at radius 3 is 2.28 bits per heavy atom. The molecule has 36 heavy (non-hydrogen) atoms. The van der Waals surface area contributed by atoms with Gasteiger partial charge in [0.2, 0.25) is 0 Å². The van der Waals surface area contributed by atoms with Gasteiger partial charge in [-0.2, -0.15) is 0 Å². The van der Waals surface area contributed by atoms with E-state index in [2.05, 4.69) is 109 Å². The molecular weight excluding hydrogens is 440 g/mol. The second kappa shape index (κ2) is 9.58. The van der Waals surface area contributed by atoms with Crippen LogP contribution in [0.15, 0.2) is 97.6 Å². The molecule has 0 aromatic heterocycles. The van der Waals surface area contributed by atoms with Gasteiger partial charge in [-0.1, -0.05) is 91.0 Å². The summed E-state index contributed by atoms with van der Waals surface area (Å²) in [7, 11) is 1.90. The lowest BCUT2D eigenvalue weighted by Gasteiger charge is -2.42. The first-order chi connectivity index (χ1) is 17.4. The molecule has 0 amide bonds. The third kappa shape index (κ3) is 4.05. The topological polar surface area (TPSA) is 35.5 Å². The van der Waals surface area contributed by atoms with E-state index in [0.717, 1.165) is 41.9 Å². The summed E-state index contributed by atoms with van der Waals surface area (Å²) in [5.74, 6) is 0.332. The summed E-state index contributed by atoms with van der Waals surface area (Å²) < 4.78 is 0. The Kier molecular flexibility index (Phi) is 6.32. The zero-order valence-corrected chi connectivity index (χ0v) is 21.4. The van der Waals surface area contributed by atoms with Crippen LogP contribution in [0, 0.1) is 13.8 Å². The number of anilines is 1. The maximum Gasteiger partial charge on any atom is 0.120 e. The van der Waals surface area contributed by atoms with Crippen LogP contribution in [0.1, 0.15) is 45.4 Å². The van der Waals surface area contributed by atoms with Crippen molar-refractivity contribution in [2.24, 2.45) is 0 Å². The summed E-state index contributed by atoms with van der Waals surface area (Å²) in [6.45, 7) is 9.44. The number of hydrogen-bond donors (Lipinski definition) is 2. The van der Waals surface area contributed by atoms with Crippen molar-refractivity contribution in [3.63, 3.8) is 0 Å². The molecule has 4 aromatic rings. The number of phenolic OH excluding ortho intramolecular Hbond substituents is 1. The van der Waals surface area contributed by atoms with Gasteiger partial charge in [0.05, 0.1) is 5.54 Å². The Morgan fingerprint density at radius 2 is 1.56 bits per heavy atom. The zero-order chi connectivity index (χ0) is 25.3. The van der Waals surface area contributed by atoms with Crippen LogP contribution in [-0.2, 0) is 18.5 Å². The average Bonchev–Trinajstić information content (AvgIpc) is 3.14. The zero-order valence-electron chi connectivity index (χ0n) is 21.4. The number of nitrogens with one attached hydrogen (secondary N) is 1. The van der Waals surface area contributed by atoms with Crippen LogP contribution in [0.4, 0.5) is 5.69 Å². The molecule has 0 fully saturated rings. The van der Waals surface area contributed by atoms with Crippen LogP contribution in [0.25, 0.3) is 5.70 Å². The van der Waals surface area contributed by atoms with E-state index in [4.69, 9.17) is 0 Å². The third-order valence-electron chi connectivity index (χ3n) is 7.67. The van der Waals surface area contributed by atoms with Gasteiger partial charge in [0, 0.05) is 36.1 Å². The van der Waals surface area contributed by atoms with Gasteiger partial charge in [-0.3, -0.25) is 0 Å². The Bertz CT molecular complexity index is 1390. The molecular formula is C33H34N2O. The number of aryl methyl sites for hydroxylation is 2. The number of fused-ring (bicyclic) bond motifs is 1. The van der Waals surface area contributed by atoms with E-state index in [9.17, 15) is 5.11 Å². The Morgan fingerprint density at radius 1 is 0.861 bits per heavy atom. The van der Waals surface area contributed by atoms with Gasteiger partial charge >= 0.3 is 0 Å². The predicted octanol–water partition coefficient (Wildman–Crippen LogP) is 7.41. The number of rotatable bonds is 7. The van der Waals surface area contributed by atoms with Crippen molar-refractivity contribution in [1.82, 2.24) is 4.90 Å². The molecule has 0 radical (unpaired) electrons. The molecule has 4 aromatic carbocycles. The normalized spacial score (nSPS) is 16.8. The summed E-state index contributed by atoms with van der Waals surface area (Å²) >= 11 is 0. The van der Waals surface area contributed by atoms with E-state index >= 15 is 0 Å². The molecule has 1 aliphatic rings. The second-order valence-electron chi connectivity index (χ2n) is 9.83. The second-order valence-corrected chi connectivity index (χ2v) is 9.83. The molecule has 1 unspecified atom stereocenters. The van der Waals surface area contributed by atoms with Crippen molar-refractivity contribution in [3.05, 3.63) is 137 Å². The molecule has 0 saturated heterocycles. The van der Waals surface area contributed by atoms with Gasteiger partial charge in [0.25, 0.3) is 0 Å². The fraction of sp³-hybridized carbons (Fsp3) is 0.212. The Hall–Kier alpha value is -3.98. The Balaban J connectivity index is 1.66. The molecule has 1 atom stereocenters. The summed E-state index contributed by atoms with van der Waals surface area (Å²) in [5.41, 5.74) is 9.89. The van der Waals surface area contributed by atoms with E-state index in [1.54, 1.807) is 0 Å². The minimum absolute atomic E-state index is 0.332. The summed E-state index contributed by atoms with van der Waals surface area (Å²) in [5, 5.41) is 13.8. The minimum Gasteiger partial charge on any atom is -0.508 e. The van der Waals surface area contributed by atoms with Crippen LogP contribution in [0.5, 0.6) is 5.75 Å². The fourth-order valence-corrected chi connectivity index (χ4v) is 5.65. The van der Waals surface area contributed by atoms with Gasteiger partial charge in [0.15, 0.2) is 0 Å². The van der Waals surface area contributed by atoms with Crippen LogP contribution in [-0.4, -0.2) is 17.1 Å². The maximum atomic E-state index is 10.6. The predicted molar refractivity (Wildman–Crippen MR) is 150 cm³/mol. The van der Waals surface area contributed by atoms with Gasteiger partial charge < -0.3 is 15.3 Å². The molecule has 1 heterocycles. The summed E-state index contributed by atoms with van der Waals surface area (Å²) in [6.07, 6.45) is 1.66. The molecule has 0 saturated carbocycles. The summed E-state index contributed by atoms with van der Waals surface area (Å²) in [4.78, 5) is 2.49. The number of aromatic hydroxyl groups is 1. The lowest BCUT2D eigenvalue weighted by molar-refractivity contribution is 0.199. The van der Waals surface area contributed by atoms with Crippen molar-refractivity contribution in [2.75, 3.05) is 12.4 Å². The monoisotopic (exact) mass is 474 g/mol. The highest BCUT2D eigenvalue weighted by atomic mass is 16.3. The van der Waals surface area contributed by atoms with Crippen LogP contribution in [0.2, 0.25) is 0 Å². The van der Waals surface area contributed by atoms with Crippen molar-refractivity contribution in [2.45, 2.75) is 38.8 Å². The van der Waals surface area contributed by atoms with Gasteiger partial charge in [-0.15, -0.1) is 0 Å². The van der Waals surface area contributed by atoms with E-state index in [-0.39, 0.29) is 5.54 Å². The van der Waals surface area contributed by atoms with E-state index < -0.39 is 0 Å². The average molecular weight is 475 g/mol. The smallest absolute Gasteiger partial charge is 0.120 e. The molecule has 5 rings (SSSR count). The molecule has 0 aliphatic carbocycles.